The highest BCUT2D eigenvalue weighted by Crippen LogP contribution is 2.50. The number of hydrogen-bond donors (Lipinski definition) is 0. The van der Waals surface area contributed by atoms with Crippen molar-refractivity contribution in [2.45, 2.75) is 44.6 Å². The Morgan fingerprint density at radius 1 is 1.12 bits per heavy atom. The number of piperazine rings is 1. The van der Waals surface area contributed by atoms with Crippen LogP contribution in [0.25, 0.3) is 0 Å². The lowest BCUT2D eigenvalue weighted by atomic mass is 9.61. The predicted octanol–water partition coefficient (Wildman–Crippen LogP) is 3.81. The van der Waals surface area contributed by atoms with Gasteiger partial charge >= 0.3 is 12.3 Å². The Morgan fingerprint density at radius 2 is 1.79 bits per heavy atom. The Labute approximate surface area is 196 Å². The largest absolute Gasteiger partial charge is 0.446 e. The molecule has 1 spiro atoms. The van der Waals surface area contributed by atoms with E-state index >= 15 is 0 Å². The van der Waals surface area contributed by atoms with E-state index in [-0.39, 0.29) is 29.6 Å². The number of nitrogens with zero attached hydrogens (tertiary/aromatic N) is 5. The van der Waals surface area contributed by atoms with Gasteiger partial charge in [0.25, 0.3) is 0 Å². The fourth-order valence-electron chi connectivity index (χ4n) is 5.36. The van der Waals surface area contributed by atoms with E-state index in [2.05, 4.69) is 39.1 Å². The Hall–Kier alpha value is -2.88. The number of alkyl halides is 3. The highest BCUT2D eigenvalue weighted by molar-refractivity contribution is 5.69. The molecule has 1 atom stereocenters. The zero-order valence-corrected chi connectivity index (χ0v) is 19.0. The van der Waals surface area contributed by atoms with Crippen molar-refractivity contribution in [1.29, 1.82) is 0 Å². The lowest BCUT2D eigenvalue weighted by Gasteiger charge is -2.58. The summed E-state index contributed by atoms with van der Waals surface area (Å²) < 4.78 is 44.0. The second-order valence-corrected chi connectivity index (χ2v) is 9.80. The zero-order valence-electron chi connectivity index (χ0n) is 19.0. The quantitative estimate of drug-likeness (QED) is 0.670. The van der Waals surface area contributed by atoms with Crippen molar-refractivity contribution >= 4 is 12.0 Å². The molecule has 0 unspecified atom stereocenters. The fourth-order valence-corrected chi connectivity index (χ4v) is 5.36. The minimum absolute atomic E-state index is 0.0464. The highest BCUT2D eigenvalue weighted by atomic mass is 19.4. The normalized spacial score (nSPS) is 22.9. The van der Waals surface area contributed by atoms with Crippen LogP contribution < -0.4 is 4.90 Å². The molecule has 7 nitrogen and oxygen atoms in total. The van der Waals surface area contributed by atoms with Crippen molar-refractivity contribution in [2.75, 3.05) is 37.6 Å². The Kier molecular flexibility index (Phi) is 5.87. The number of ether oxygens (including phenoxy) is 1. The van der Waals surface area contributed by atoms with Crippen LogP contribution in [0.2, 0.25) is 0 Å². The van der Waals surface area contributed by atoms with E-state index in [1.165, 1.54) is 5.56 Å². The summed E-state index contributed by atoms with van der Waals surface area (Å²) in [4.78, 5) is 26.4. The van der Waals surface area contributed by atoms with E-state index in [1.807, 2.05) is 13.0 Å². The number of hydrogen-bond acceptors (Lipinski definition) is 6. The van der Waals surface area contributed by atoms with E-state index in [1.54, 1.807) is 9.80 Å². The molecule has 0 N–H and O–H groups in total. The first kappa shape index (κ1) is 22.9. The van der Waals surface area contributed by atoms with Crippen LogP contribution >= 0.6 is 0 Å². The van der Waals surface area contributed by atoms with Crippen molar-refractivity contribution < 1.29 is 22.7 Å². The molecular formula is C24H28F3N5O2. The van der Waals surface area contributed by atoms with Gasteiger partial charge < -0.3 is 14.5 Å². The predicted molar refractivity (Wildman–Crippen MR) is 119 cm³/mol. The summed E-state index contributed by atoms with van der Waals surface area (Å²) in [5.74, 6) is 0.235. The molecule has 1 aromatic carbocycles. The van der Waals surface area contributed by atoms with Crippen LogP contribution in [0, 0.1) is 5.41 Å². The summed E-state index contributed by atoms with van der Waals surface area (Å²) >= 11 is 0. The fraction of sp³-hybridized carbons (Fsp3) is 0.542. The summed E-state index contributed by atoms with van der Waals surface area (Å²) in [6.45, 7) is 6.21. The molecule has 1 aromatic heterocycles. The van der Waals surface area contributed by atoms with Gasteiger partial charge in [-0.05, 0) is 25.3 Å². The van der Waals surface area contributed by atoms with Crippen LogP contribution in [-0.4, -0.2) is 70.7 Å². The van der Waals surface area contributed by atoms with Crippen LogP contribution in [0.15, 0.2) is 42.7 Å². The summed E-state index contributed by atoms with van der Waals surface area (Å²) in [7, 11) is 0. The molecule has 0 bridgehead atoms. The molecule has 3 fully saturated rings. The SMILES string of the molecule is C[C@@H]1CN(c2ncc(C(F)(F)F)cn2)CCN1C(=O)OC1CC2(C1)CN(Cc1ccccc1)C2. The van der Waals surface area contributed by atoms with E-state index in [0.29, 0.717) is 19.6 Å². The molecule has 1 amide bonds. The van der Waals surface area contributed by atoms with Gasteiger partial charge in [-0.1, -0.05) is 30.3 Å². The number of anilines is 1. The van der Waals surface area contributed by atoms with Crippen molar-refractivity contribution in [3.05, 3.63) is 53.9 Å². The maximum Gasteiger partial charge on any atom is 0.419 e. The van der Waals surface area contributed by atoms with Crippen molar-refractivity contribution in [3.63, 3.8) is 0 Å². The minimum Gasteiger partial charge on any atom is -0.446 e. The first-order chi connectivity index (χ1) is 16.2. The standard InChI is InChI=1S/C24H28F3N5O2/c1-17-13-31(21-28-11-19(12-29-21)24(25,26)27)7-8-32(17)22(33)34-20-9-23(10-20)15-30(16-23)14-18-5-3-2-4-6-18/h2-6,11-12,17,20H,7-10,13-16H2,1H3/t17-/m1/s1. The maximum atomic E-state index is 12.8. The lowest BCUT2D eigenvalue weighted by Crippen LogP contribution is -2.64. The van der Waals surface area contributed by atoms with E-state index in [4.69, 9.17) is 4.74 Å². The van der Waals surface area contributed by atoms with Gasteiger partial charge in [0.1, 0.15) is 6.10 Å². The summed E-state index contributed by atoms with van der Waals surface area (Å²) in [5, 5.41) is 0. The second kappa shape index (κ2) is 8.72. The smallest absolute Gasteiger partial charge is 0.419 e. The van der Waals surface area contributed by atoms with Crippen molar-refractivity contribution in [2.24, 2.45) is 5.41 Å². The van der Waals surface area contributed by atoms with Gasteiger partial charge in [-0.2, -0.15) is 13.2 Å². The van der Waals surface area contributed by atoms with Gasteiger partial charge in [0.2, 0.25) is 5.95 Å². The summed E-state index contributed by atoms with van der Waals surface area (Å²) in [6, 6.07) is 10.3. The van der Waals surface area contributed by atoms with Crippen LogP contribution in [0.5, 0.6) is 0 Å². The zero-order chi connectivity index (χ0) is 23.9. The van der Waals surface area contributed by atoms with E-state index in [9.17, 15) is 18.0 Å². The molecule has 2 saturated heterocycles. The van der Waals surface area contributed by atoms with Gasteiger partial charge in [0, 0.05) is 63.1 Å². The Morgan fingerprint density at radius 3 is 2.41 bits per heavy atom. The number of likely N-dealkylation sites (tertiary alicyclic amines) is 1. The number of halogens is 3. The highest BCUT2D eigenvalue weighted by Gasteiger charge is 2.53. The molecular weight excluding hydrogens is 447 g/mol. The molecule has 10 heteroatoms. The minimum atomic E-state index is -4.46. The van der Waals surface area contributed by atoms with Gasteiger partial charge in [-0.15, -0.1) is 0 Å². The van der Waals surface area contributed by atoms with Gasteiger partial charge in [-0.25, -0.2) is 14.8 Å². The number of carbonyl (C=O) groups is 1. The van der Waals surface area contributed by atoms with Gasteiger partial charge in [0.15, 0.2) is 0 Å². The molecule has 2 aliphatic heterocycles. The van der Waals surface area contributed by atoms with Crippen LogP contribution in [-0.2, 0) is 17.5 Å². The third kappa shape index (κ3) is 4.68. The molecule has 3 heterocycles. The molecule has 34 heavy (non-hydrogen) atoms. The summed E-state index contributed by atoms with van der Waals surface area (Å²) in [5.41, 5.74) is 0.721. The Balaban J connectivity index is 1.06. The number of carbonyl (C=O) groups excluding carboxylic acids is 1. The van der Waals surface area contributed by atoms with Gasteiger partial charge in [-0.3, -0.25) is 4.90 Å². The lowest BCUT2D eigenvalue weighted by molar-refractivity contribution is -0.138. The molecule has 0 radical (unpaired) electrons. The molecule has 1 aliphatic carbocycles. The topological polar surface area (TPSA) is 61.8 Å². The molecule has 5 rings (SSSR count). The average Bonchev–Trinajstić information content (AvgIpc) is 2.76. The number of amides is 1. The molecule has 182 valence electrons. The van der Waals surface area contributed by atoms with Gasteiger partial charge in [0.05, 0.1) is 5.56 Å². The third-order valence-corrected chi connectivity index (χ3v) is 7.07. The van der Waals surface area contributed by atoms with Crippen LogP contribution in [0.1, 0.15) is 30.9 Å². The molecule has 1 saturated carbocycles. The van der Waals surface area contributed by atoms with Crippen LogP contribution in [0.3, 0.4) is 0 Å². The summed E-state index contributed by atoms with van der Waals surface area (Å²) in [6.07, 6.45) is -1.44. The van der Waals surface area contributed by atoms with Crippen molar-refractivity contribution in [3.8, 4) is 0 Å². The first-order valence-corrected chi connectivity index (χ1v) is 11.6. The number of rotatable bonds is 4. The number of benzene rings is 1. The molecule has 3 aliphatic rings. The monoisotopic (exact) mass is 475 g/mol. The Bertz CT molecular complexity index is 1000. The number of aromatic nitrogens is 2. The third-order valence-electron chi connectivity index (χ3n) is 7.07. The van der Waals surface area contributed by atoms with Crippen molar-refractivity contribution in [1.82, 2.24) is 19.8 Å². The second-order valence-electron chi connectivity index (χ2n) is 9.80. The first-order valence-electron chi connectivity index (χ1n) is 11.6. The van der Waals surface area contributed by atoms with Crippen LogP contribution in [0.4, 0.5) is 23.9 Å². The maximum absolute atomic E-state index is 12.8. The average molecular weight is 476 g/mol. The van der Waals surface area contributed by atoms with E-state index in [0.717, 1.165) is 44.9 Å². The van der Waals surface area contributed by atoms with E-state index < -0.39 is 11.7 Å². The molecule has 2 aromatic rings.